The lowest BCUT2D eigenvalue weighted by atomic mass is 10.1. The van der Waals surface area contributed by atoms with Crippen LogP contribution >= 0.6 is 11.6 Å². The van der Waals surface area contributed by atoms with Crippen molar-refractivity contribution < 1.29 is 80.7 Å². The molecule has 0 amide bonds. The van der Waals surface area contributed by atoms with E-state index in [9.17, 15) is 42.8 Å². The quantitative estimate of drug-likeness (QED) is 0.0219. The first kappa shape index (κ1) is 97.6. The molecule has 11 aromatic heterocycles. The summed E-state index contributed by atoms with van der Waals surface area (Å²) in [6, 6.07) is 50.1. The predicted octanol–water partition coefficient (Wildman–Crippen LogP) is 21.8. The van der Waals surface area contributed by atoms with Gasteiger partial charge in [0.15, 0.2) is 6.29 Å². The molecule has 11 heterocycles. The van der Waals surface area contributed by atoms with E-state index in [1.54, 1.807) is 161 Å². The molecule has 33 heteroatoms. The number of pyridine rings is 7. The number of halogens is 5. The van der Waals surface area contributed by atoms with Crippen LogP contribution in [0.25, 0.3) is 81.0 Å². The van der Waals surface area contributed by atoms with Gasteiger partial charge in [-0.1, -0.05) is 105 Å². The molecular weight excluding hydrogens is 1730 g/mol. The second-order valence-electron chi connectivity index (χ2n) is 29.4. The second-order valence-corrected chi connectivity index (χ2v) is 29.8. The molecule has 15 rings (SSSR count). The van der Waals surface area contributed by atoms with Crippen molar-refractivity contribution in [3.05, 3.63) is 318 Å². The molecule has 0 radical (unpaired) electrons. The van der Waals surface area contributed by atoms with Gasteiger partial charge in [0, 0.05) is 120 Å². The Balaban J connectivity index is 0.000000160. The molecule has 0 bridgehead atoms. The number of methoxy groups -OCH3 is 2. The highest BCUT2D eigenvalue weighted by molar-refractivity contribution is 6.32. The summed E-state index contributed by atoms with van der Waals surface area (Å²) < 4.78 is 104. The summed E-state index contributed by atoms with van der Waals surface area (Å²) in [4.78, 5) is 42.2. The molecule has 133 heavy (non-hydrogen) atoms. The fourth-order valence-corrected chi connectivity index (χ4v) is 13.8. The van der Waals surface area contributed by atoms with Crippen LogP contribution in [0.1, 0.15) is 126 Å². The fourth-order valence-electron chi connectivity index (χ4n) is 13.6. The summed E-state index contributed by atoms with van der Waals surface area (Å²) in [6.45, 7) is 26.7. The van der Waals surface area contributed by atoms with Crippen LogP contribution in [-0.2, 0) is 46.6 Å². The molecule has 1 unspecified atom stereocenters. The number of nitrogens with zero attached hydrogens (tertiary/aromatic N) is 15. The molecule has 4 aromatic carbocycles. The fraction of sp³-hybridized carbons (Fsp3) is 0.200. The molecule has 4 N–H and O–H groups in total. The number of aromatic nitrogens is 15. The lowest BCUT2D eigenvalue weighted by molar-refractivity contribution is -0.142. The van der Waals surface area contributed by atoms with Crippen LogP contribution in [0.5, 0.6) is 69.5 Å². The smallest absolute Gasteiger partial charge is 0.408 e. The van der Waals surface area contributed by atoms with Crippen molar-refractivity contribution in [1.82, 2.24) is 74.0 Å². The third-order valence-electron chi connectivity index (χ3n) is 19.8. The minimum atomic E-state index is -4.45. The van der Waals surface area contributed by atoms with Gasteiger partial charge in [0.05, 0.1) is 99.2 Å². The van der Waals surface area contributed by atoms with Crippen molar-refractivity contribution in [2.24, 2.45) is 7.05 Å². The topological polar surface area (TPSA) is 333 Å². The van der Waals surface area contributed by atoms with Gasteiger partial charge in [0.25, 0.3) is 0 Å². The van der Waals surface area contributed by atoms with Crippen molar-refractivity contribution >= 4 is 42.2 Å². The van der Waals surface area contributed by atoms with E-state index >= 15 is 0 Å². The normalized spacial score (nSPS) is 11.1. The van der Waals surface area contributed by atoms with Crippen LogP contribution in [-0.4, -0.2) is 128 Å². The number of phenolic OH excluding ortho intramolecular Hbond substituents is 4. The number of hydrogen-bond acceptors (Lipinski definition) is 24. The maximum absolute atomic E-state index is 13.7. The van der Waals surface area contributed by atoms with Crippen molar-refractivity contribution in [3.8, 4) is 126 Å². The molecule has 0 fully saturated rings. The number of alkyl halides is 4. The lowest BCUT2D eigenvalue weighted by Crippen LogP contribution is -2.19. The molecule has 686 valence electrons. The van der Waals surface area contributed by atoms with Gasteiger partial charge in [-0.3, -0.25) is 43.8 Å². The van der Waals surface area contributed by atoms with Crippen LogP contribution in [0, 0.1) is 0 Å². The Morgan fingerprint density at radius 1 is 0.459 bits per heavy atom. The van der Waals surface area contributed by atoms with Crippen molar-refractivity contribution in [1.29, 1.82) is 0 Å². The van der Waals surface area contributed by atoms with Gasteiger partial charge < -0.3 is 58.3 Å². The highest BCUT2D eigenvalue weighted by Gasteiger charge is 2.31. The SMILES string of the molecule is C=Cc1c(O)cccc1OCc1cccnc1-c1ccc(OC)nc1OC.C=Cc1c(O)cccc1OCc1cccnc1-c1cccnc1OCC.C=Cc1c(OCc2cccnc2-c2ccnn2C(C)C)ccc(Cl)c1O.C=Cc1ccc(O)cc1OCc1cccnc1-c1ccnn1C(C)C.CC(F)c1nn(C)c(OCc2cccnc2-c2ccnn2CC(F)(F)F)c1C=O. The molecule has 0 aliphatic heterocycles. The maximum Gasteiger partial charge on any atom is 0.408 e. The molecule has 15 aromatic rings. The summed E-state index contributed by atoms with van der Waals surface area (Å²) >= 11 is 5.95. The first-order valence-electron chi connectivity index (χ1n) is 41.6. The zero-order valence-electron chi connectivity index (χ0n) is 74.3. The van der Waals surface area contributed by atoms with Crippen LogP contribution in [0.2, 0.25) is 5.02 Å². The molecule has 0 aliphatic carbocycles. The van der Waals surface area contributed by atoms with E-state index in [1.165, 1.54) is 43.2 Å². The summed E-state index contributed by atoms with van der Waals surface area (Å²) in [5.74, 6) is 4.04. The summed E-state index contributed by atoms with van der Waals surface area (Å²) in [6.07, 6.45) is 15.8. The van der Waals surface area contributed by atoms with Crippen molar-refractivity contribution in [3.63, 3.8) is 0 Å². The maximum atomic E-state index is 13.7. The third-order valence-corrected chi connectivity index (χ3v) is 20.1. The minimum Gasteiger partial charge on any atom is -0.508 e. The van der Waals surface area contributed by atoms with Gasteiger partial charge in [0.1, 0.15) is 103 Å². The summed E-state index contributed by atoms with van der Waals surface area (Å²) in [5.41, 5.74) is 13.4. The van der Waals surface area contributed by atoms with E-state index in [4.69, 9.17) is 49.5 Å². The number of hydrogen-bond donors (Lipinski definition) is 4. The number of aromatic hydroxyl groups is 4. The molecule has 1 atom stereocenters. The summed E-state index contributed by atoms with van der Waals surface area (Å²) in [5, 5.41) is 56.3. The zero-order valence-corrected chi connectivity index (χ0v) is 75.1. The van der Waals surface area contributed by atoms with Crippen molar-refractivity contribution in [2.45, 2.75) is 106 Å². The second kappa shape index (κ2) is 46.8. The van der Waals surface area contributed by atoms with Gasteiger partial charge in [-0.05, 0) is 157 Å². The number of aryl methyl sites for hydroxylation is 1. The Kier molecular flexibility index (Phi) is 34.4. The summed E-state index contributed by atoms with van der Waals surface area (Å²) in [7, 11) is 4.60. The van der Waals surface area contributed by atoms with Crippen LogP contribution in [0.15, 0.2) is 252 Å². The molecule has 0 saturated carbocycles. The average Bonchev–Trinajstić information content (AvgIpc) is 1.70. The first-order chi connectivity index (χ1) is 64.2. The monoisotopic (exact) mass is 1830 g/mol. The van der Waals surface area contributed by atoms with Crippen molar-refractivity contribution in [2.75, 3.05) is 20.8 Å². The number of carbonyl (C=O) groups is 1. The highest BCUT2D eigenvalue weighted by Crippen LogP contribution is 2.40. The molecular formula is C100H98ClF4N15O13. The molecule has 0 spiro atoms. The molecule has 0 aliphatic rings. The van der Waals surface area contributed by atoms with Gasteiger partial charge in [-0.2, -0.15) is 38.5 Å². The Bertz CT molecular complexity index is 6490. The van der Waals surface area contributed by atoms with E-state index in [1.807, 2.05) is 95.2 Å². The Hall–Kier alpha value is -16.0. The number of ether oxygens (including phenoxy) is 8. The Morgan fingerprint density at radius 2 is 0.910 bits per heavy atom. The van der Waals surface area contributed by atoms with Gasteiger partial charge in [-0.25, -0.2) is 14.1 Å². The van der Waals surface area contributed by atoms with E-state index in [0.717, 1.165) is 72.1 Å². The number of phenols is 4. The number of carbonyl (C=O) groups excluding carboxylic acids is 1. The zero-order chi connectivity index (χ0) is 95.3. The molecule has 28 nitrogen and oxygen atoms in total. The van der Waals surface area contributed by atoms with Crippen LogP contribution in [0.3, 0.4) is 0 Å². The Labute approximate surface area is 770 Å². The van der Waals surface area contributed by atoms with Gasteiger partial charge in [0.2, 0.25) is 23.5 Å². The Morgan fingerprint density at radius 3 is 1.38 bits per heavy atom. The average molecular weight is 1830 g/mol. The van der Waals surface area contributed by atoms with Crippen LogP contribution in [0.4, 0.5) is 17.6 Å². The largest absolute Gasteiger partial charge is 0.508 e. The molecule has 0 saturated heterocycles. The minimum absolute atomic E-state index is 0.0185. The standard InChI is InChI=1S/C21H20N2O4.C21H20N2O3.C20H20ClN3O2.C20H21N3O2.C18H17F4N5O2/c1-4-15-17(24)8-5-9-18(15)27-13-14-7-6-12-22-20(14)16-10-11-19(25-2)23-21(16)26-3;1-3-16-18(24)10-5-11-19(16)26-14-15-8-6-12-22-20(15)17-9-7-13-23-21(17)25-4-2;1-4-15-18(8-7-16(21)20(15)25)26-12-14-6-5-10-22-19(14)17-9-11-23-24(17)13(2)3;1-4-15-7-8-17(24)12-19(15)25-13-16-6-5-10-21-20(16)18-9-11-22-23(18)14(2)3;1-11(19)15-13(8-28)17(26(2)25-15)29-9-12-4-3-6-23-16(12)14-5-7-24-27(14)10-18(20,21)22/h4-12,24H,1,13H2,2-3H3;3,5-13,24H,1,4,14H2,2H3;4-11,13,25H,1,12H2,2-3H3;4-12,14,24H,1,13H2,2-3H3;3-8,11H,9-10H2,1-2H3. The number of aldehydes is 1. The number of rotatable bonds is 33. The van der Waals surface area contributed by atoms with Gasteiger partial charge >= 0.3 is 6.18 Å². The predicted molar refractivity (Wildman–Crippen MR) is 500 cm³/mol. The third kappa shape index (κ3) is 24.9. The van der Waals surface area contributed by atoms with E-state index in [0.29, 0.717) is 88.1 Å². The van der Waals surface area contributed by atoms with Crippen LogP contribution < -0.4 is 37.9 Å². The van der Waals surface area contributed by atoms with Gasteiger partial charge in [-0.15, -0.1) is 0 Å². The van der Waals surface area contributed by atoms with E-state index < -0.39 is 18.9 Å². The first-order valence-corrected chi connectivity index (χ1v) is 42.0. The lowest BCUT2D eigenvalue weighted by Gasteiger charge is -2.15. The van der Waals surface area contributed by atoms with E-state index in [2.05, 4.69) is 109 Å². The number of benzene rings is 4. The highest BCUT2D eigenvalue weighted by atomic mass is 35.5. The van der Waals surface area contributed by atoms with E-state index in [-0.39, 0.29) is 95.1 Å².